The summed E-state index contributed by atoms with van der Waals surface area (Å²) in [6, 6.07) is 20.4. The first-order valence-corrected chi connectivity index (χ1v) is 11.8. The first kappa shape index (κ1) is 22.5. The molecular weight excluding hydrogens is 482 g/mol. The molecule has 8 nitrogen and oxygen atoms in total. The molecule has 5 aromatic rings. The summed E-state index contributed by atoms with van der Waals surface area (Å²) in [7, 11) is 1.89. The molecule has 2 heterocycles. The highest BCUT2D eigenvalue weighted by molar-refractivity contribution is 7.18. The van der Waals surface area contributed by atoms with Gasteiger partial charge in [0.15, 0.2) is 0 Å². The lowest BCUT2D eigenvalue weighted by Gasteiger charge is -2.17. The molecule has 5 rings (SSSR count). The quantitative estimate of drug-likeness (QED) is 0.316. The van der Waals surface area contributed by atoms with Gasteiger partial charge in [-0.2, -0.15) is 10.4 Å². The number of nitrogens with zero attached hydrogens (tertiary/aromatic N) is 5. The number of hydrogen-bond acceptors (Lipinski definition) is 7. The fraction of sp³-hybridized carbons (Fsp3) is 0.0800. The predicted molar refractivity (Wildman–Crippen MR) is 138 cm³/mol. The smallest absolute Gasteiger partial charge is 0.228 e. The van der Waals surface area contributed by atoms with Gasteiger partial charge in [0.25, 0.3) is 0 Å². The average Bonchev–Trinajstić information content (AvgIpc) is 3.55. The van der Waals surface area contributed by atoms with Gasteiger partial charge in [0.2, 0.25) is 11.0 Å². The molecule has 0 radical (unpaired) electrons. The number of hydrogen-bond donors (Lipinski definition) is 2. The second-order valence-corrected chi connectivity index (χ2v) is 9.13. The largest absolute Gasteiger partial charge is 0.326 e. The normalized spacial score (nSPS) is 10.8. The standard InChI is InChI=1S/C25H18ClN7OS/c1-33(21-10-9-20-19(23(21)26)14-28-30-20)25-32-31-24(35-25)17-3-2-4-18(12-17)29-22(34)11-15-5-7-16(13-27)8-6-15/h2-10,12,14H,11H2,1H3,(H,28,30)(H,29,34). The lowest BCUT2D eigenvalue weighted by Crippen LogP contribution is -2.14. The minimum atomic E-state index is -0.145. The number of nitriles is 1. The van der Waals surface area contributed by atoms with Crippen LogP contribution >= 0.6 is 22.9 Å². The maximum atomic E-state index is 12.5. The molecule has 2 aromatic heterocycles. The van der Waals surface area contributed by atoms with E-state index in [2.05, 4.69) is 31.8 Å². The van der Waals surface area contributed by atoms with Crippen molar-refractivity contribution in [3.63, 3.8) is 0 Å². The van der Waals surface area contributed by atoms with Crippen molar-refractivity contribution in [3.8, 4) is 16.6 Å². The topological polar surface area (TPSA) is 111 Å². The number of nitrogens with one attached hydrogen (secondary N) is 2. The van der Waals surface area contributed by atoms with Crippen molar-refractivity contribution < 1.29 is 4.79 Å². The van der Waals surface area contributed by atoms with E-state index in [0.29, 0.717) is 21.4 Å². The Morgan fingerprint density at radius 3 is 2.80 bits per heavy atom. The number of carbonyl (C=O) groups is 1. The number of anilines is 3. The van der Waals surface area contributed by atoms with E-state index < -0.39 is 0 Å². The fourth-order valence-electron chi connectivity index (χ4n) is 3.62. The molecule has 0 atom stereocenters. The number of aromatic nitrogens is 4. The number of halogens is 1. The lowest BCUT2D eigenvalue weighted by atomic mass is 10.1. The highest BCUT2D eigenvalue weighted by atomic mass is 35.5. The van der Waals surface area contributed by atoms with E-state index in [-0.39, 0.29) is 12.3 Å². The number of rotatable bonds is 6. The van der Waals surface area contributed by atoms with Crippen LogP contribution in [-0.4, -0.2) is 33.3 Å². The molecular formula is C25H18ClN7OS. The summed E-state index contributed by atoms with van der Waals surface area (Å²) < 4.78 is 0. The molecule has 35 heavy (non-hydrogen) atoms. The molecule has 1 amide bonds. The van der Waals surface area contributed by atoms with Gasteiger partial charge in [0.1, 0.15) is 5.01 Å². The van der Waals surface area contributed by atoms with E-state index in [1.54, 1.807) is 30.5 Å². The van der Waals surface area contributed by atoms with Crippen molar-refractivity contribution in [3.05, 3.63) is 83.0 Å². The third kappa shape index (κ3) is 4.71. The van der Waals surface area contributed by atoms with Crippen molar-refractivity contribution in [1.82, 2.24) is 20.4 Å². The summed E-state index contributed by atoms with van der Waals surface area (Å²) in [6.07, 6.45) is 1.91. The molecule has 172 valence electrons. The van der Waals surface area contributed by atoms with E-state index in [4.69, 9.17) is 16.9 Å². The Morgan fingerprint density at radius 1 is 1.17 bits per heavy atom. The molecule has 0 aliphatic rings. The number of amides is 1. The van der Waals surface area contributed by atoms with E-state index in [1.807, 2.05) is 48.3 Å². The number of carbonyl (C=O) groups excluding carboxylic acids is 1. The van der Waals surface area contributed by atoms with E-state index in [0.717, 1.165) is 32.7 Å². The summed E-state index contributed by atoms with van der Waals surface area (Å²) >= 11 is 8.02. The van der Waals surface area contributed by atoms with Crippen molar-refractivity contribution in [2.24, 2.45) is 0 Å². The Hall–Kier alpha value is -4.26. The first-order chi connectivity index (χ1) is 17.0. The zero-order valence-electron chi connectivity index (χ0n) is 18.5. The monoisotopic (exact) mass is 499 g/mol. The zero-order valence-corrected chi connectivity index (χ0v) is 20.1. The van der Waals surface area contributed by atoms with Crippen LogP contribution in [0.15, 0.2) is 66.9 Å². The minimum Gasteiger partial charge on any atom is -0.326 e. The van der Waals surface area contributed by atoms with Gasteiger partial charge in [-0.15, -0.1) is 10.2 Å². The Kier molecular flexibility index (Phi) is 6.14. The molecule has 10 heteroatoms. The van der Waals surface area contributed by atoms with E-state index >= 15 is 0 Å². The van der Waals surface area contributed by atoms with Crippen molar-refractivity contribution in [1.29, 1.82) is 5.26 Å². The molecule has 0 aliphatic heterocycles. The van der Waals surface area contributed by atoms with E-state index in [1.165, 1.54) is 11.3 Å². The van der Waals surface area contributed by atoms with Gasteiger partial charge >= 0.3 is 0 Å². The van der Waals surface area contributed by atoms with Gasteiger partial charge in [0, 0.05) is 23.7 Å². The second kappa shape index (κ2) is 9.54. The maximum absolute atomic E-state index is 12.5. The second-order valence-electron chi connectivity index (χ2n) is 7.79. The maximum Gasteiger partial charge on any atom is 0.228 e. The number of H-pyrrole nitrogens is 1. The first-order valence-electron chi connectivity index (χ1n) is 10.6. The van der Waals surface area contributed by atoms with Gasteiger partial charge in [-0.05, 0) is 42.0 Å². The number of fused-ring (bicyclic) bond motifs is 1. The van der Waals surface area contributed by atoms with Crippen molar-refractivity contribution in [2.45, 2.75) is 6.42 Å². The minimum absolute atomic E-state index is 0.145. The SMILES string of the molecule is CN(c1nnc(-c2cccc(NC(=O)Cc3ccc(C#N)cc3)c2)s1)c1ccc2[nH]ncc2c1Cl. The molecule has 0 saturated carbocycles. The molecule has 0 saturated heterocycles. The molecule has 0 aliphatic carbocycles. The van der Waals surface area contributed by atoms with Crippen LogP contribution in [0.3, 0.4) is 0 Å². The summed E-state index contributed by atoms with van der Waals surface area (Å²) in [5.74, 6) is -0.145. The van der Waals surface area contributed by atoms with Crippen LogP contribution in [0.5, 0.6) is 0 Å². The third-order valence-corrected chi connectivity index (χ3v) is 6.89. The van der Waals surface area contributed by atoms with E-state index in [9.17, 15) is 4.79 Å². The Labute approximate surface area is 209 Å². The van der Waals surface area contributed by atoms with Crippen LogP contribution in [0.1, 0.15) is 11.1 Å². The summed E-state index contributed by atoms with van der Waals surface area (Å²) in [5, 5.41) is 30.3. The Balaban J connectivity index is 1.31. The summed E-state index contributed by atoms with van der Waals surface area (Å²) in [5.41, 5.74) is 4.57. The van der Waals surface area contributed by atoms with Crippen LogP contribution in [-0.2, 0) is 11.2 Å². The molecule has 3 aromatic carbocycles. The van der Waals surface area contributed by atoms with Crippen LogP contribution < -0.4 is 10.2 Å². The zero-order chi connectivity index (χ0) is 24.4. The van der Waals surface area contributed by atoms with Crippen LogP contribution in [0.25, 0.3) is 21.5 Å². The highest BCUT2D eigenvalue weighted by Gasteiger charge is 2.17. The molecule has 0 spiro atoms. The van der Waals surface area contributed by atoms with Crippen LogP contribution in [0.2, 0.25) is 5.02 Å². The van der Waals surface area contributed by atoms with Crippen LogP contribution in [0.4, 0.5) is 16.5 Å². The summed E-state index contributed by atoms with van der Waals surface area (Å²) in [4.78, 5) is 14.4. The van der Waals surface area contributed by atoms with Crippen LogP contribution in [0, 0.1) is 11.3 Å². The Bertz CT molecular complexity index is 1570. The summed E-state index contributed by atoms with van der Waals surface area (Å²) in [6.45, 7) is 0. The average molecular weight is 500 g/mol. The fourth-order valence-corrected chi connectivity index (χ4v) is 4.78. The number of benzene rings is 3. The van der Waals surface area contributed by atoms with Gasteiger partial charge in [-0.1, -0.05) is 47.2 Å². The van der Waals surface area contributed by atoms with Gasteiger partial charge in [0.05, 0.1) is 40.5 Å². The molecule has 0 unspecified atom stereocenters. The lowest BCUT2D eigenvalue weighted by molar-refractivity contribution is -0.115. The molecule has 2 N–H and O–H groups in total. The number of aromatic amines is 1. The highest BCUT2D eigenvalue weighted by Crippen LogP contribution is 2.38. The predicted octanol–water partition coefficient (Wildman–Crippen LogP) is 5.56. The van der Waals surface area contributed by atoms with Gasteiger partial charge < -0.3 is 10.2 Å². The van der Waals surface area contributed by atoms with Gasteiger partial charge in [-0.3, -0.25) is 9.89 Å². The molecule has 0 fully saturated rings. The Morgan fingerprint density at radius 2 is 2.00 bits per heavy atom. The van der Waals surface area contributed by atoms with Crippen molar-refractivity contribution >= 4 is 56.3 Å². The molecule has 0 bridgehead atoms. The third-order valence-electron chi connectivity index (χ3n) is 5.44. The van der Waals surface area contributed by atoms with Gasteiger partial charge in [-0.25, -0.2) is 0 Å². The van der Waals surface area contributed by atoms with Crippen molar-refractivity contribution in [2.75, 3.05) is 17.3 Å².